The third-order valence-corrected chi connectivity index (χ3v) is 3.80. The maximum absolute atomic E-state index is 11.6. The SMILES string of the molecule is CCCC1(C(=O)O)CCCN(Cc2ccco2)C1. The Morgan fingerprint density at radius 1 is 1.61 bits per heavy atom. The first-order valence-electron chi connectivity index (χ1n) is 6.64. The summed E-state index contributed by atoms with van der Waals surface area (Å²) in [5.74, 6) is 0.265. The molecule has 1 aliphatic rings. The first-order chi connectivity index (χ1) is 8.66. The van der Waals surface area contributed by atoms with E-state index >= 15 is 0 Å². The van der Waals surface area contributed by atoms with E-state index in [-0.39, 0.29) is 0 Å². The van der Waals surface area contributed by atoms with Gasteiger partial charge in [-0.2, -0.15) is 0 Å². The van der Waals surface area contributed by atoms with Gasteiger partial charge in [-0.15, -0.1) is 0 Å². The average molecular weight is 251 g/mol. The zero-order chi connectivity index (χ0) is 13.0. The molecule has 0 radical (unpaired) electrons. The summed E-state index contributed by atoms with van der Waals surface area (Å²) in [6.45, 7) is 4.36. The Balaban J connectivity index is 2.04. The molecule has 1 atom stereocenters. The molecule has 2 rings (SSSR count). The van der Waals surface area contributed by atoms with Crippen molar-refractivity contribution < 1.29 is 14.3 Å². The van der Waals surface area contributed by atoms with Crippen LogP contribution in [0.4, 0.5) is 0 Å². The van der Waals surface area contributed by atoms with Crippen LogP contribution in [0.5, 0.6) is 0 Å². The number of rotatable bonds is 5. The van der Waals surface area contributed by atoms with Crippen molar-refractivity contribution in [2.24, 2.45) is 5.41 Å². The van der Waals surface area contributed by atoms with Crippen LogP contribution in [0.3, 0.4) is 0 Å². The van der Waals surface area contributed by atoms with Gasteiger partial charge in [0.1, 0.15) is 5.76 Å². The van der Waals surface area contributed by atoms with Gasteiger partial charge in [-0.3, -0.25) is 9.69 Å². The first-order valence-corrected chi connectivity index (χ1v) is 6.64. The topological polar surface area (TPSA) is 53.7 Å². The lowest BCUT2D eigenvalue weighted by atomic mass is 9.76. The summed E-state index contributed by atoms with van der Waals surface area (Å²) in [6.07, 6.45) is 5.09. The minimum atomic E-state index is -0.645. The molecular formula is C14H21NO3. The van der Waals surface area contributed by atoms with Crippen molar-refractivity contribution in [2.75, 3.05) is 13.1 Å². The molecule has 1 aromatic heterocycles. The fourth-order valence-corrected chi connectivity index (χ4v) is 2.95. The largest absolute Gasteiger partial charge is 0.481 e. The number of carboxylic acids is 1. The maximum Gasteiger partial charge on any atom is 0.310 e. The average Bonchev–Trinajstić information content (AvgIpc) is 2.82. The summed E-state index contributed by atoms with van der Waals surface area (Å²) >= 11 is 0. The van der Waals surface area contributed by atoms with Crippen molar-refractivity contribution in [1.82, 2.24) is 4.90 Å². The maximum atomic E-state index is 11.6. The number of carbonyl (C=O) groups is 1. The molecule has 1 saturated heterocycles. The van der Waals surface area contributed by atoms with Crippen LogP contribution in [0.25, 0.3) is 0 Å². The molecule has 4 nitrogen and oxygen atoms in total. The van der Waals surface area contributed by atoms with E-state index in [2.05, 4.69) is 11.8 Å². The molecule has 100 valence electrons. The standard InChI is InChI=1S/C14H21NO3/c1-2-6-14(13(16)17)7-4-8-15(11-14)10-12-5-3-9-18-12/h3,5,9H,2,4,6-8,10-11H2,1H3,(H,16,17). The molecule has 0 bridgehead atoms. The van der Waals surface area contributed by atoms with Crippen LogP contribution in [-0.4, -0.2) is 29.1 Å². The van der Waals surface area contributed by atoms with Gasteiger partial charge in [-0.05, 0) is 37.9 Å². The summed E-state index contributed by atoms with van der Waals surface area (Å²) in [4.78, 5) is 13.8. The van der Waals surface area contributed by atoms with E-state index in [9.17, 15) is 9.90 Å². The van der Waals surface area contributed by atoms with E-state index < -0.39 is 11.4 Å². The number of aliphatic carboxylic acids is 1. The van der Waals surface area contributed by atoms with Gasteiger partial charge >= 0.3 is 5.97 Å². The third-order valence-electron chi connectivity index (χ3n) is 3.80. The van der Waals surface area contributed by atoms with Gasteiger partial charge < -0.3 is 9.52 Å². The summed E-state index contributed by atoms with van der Waals surface area (Å²) in [5.41, 5.74) is -0.556. The molecule has 1 aliphatic heterocycles. The Labute approximate surface area is 108 Å². The molecule has 0 spiro atoms. The fourth-order valence-electron chi connectivity index (χ4n) is 2.95. The first kappa shape index (κ1) is 13.1. The van der Waals surface area contributed by atoms with Crippen molar-refractivity contribution in [1.29, 1.82) is 0 Å². The van der Waals surface area contributed by atoms with Crippen LogP contribution in [0.15, 0.2) is 22.8 Å². The quantitative estimate of drug-likeness (QED) is 0.874. The lowest BCUT2D eigenvalue weighted by Gasteiger charge is -2.39. The number of carboxylic acid groups (broad SMARTS) is 1. The molecule has 0 amide bonds. The highest BCUT2D eigenvalue weighted by Gasteiger charge is 2.41. The number of likely N-dealkylation sites (tertiary alicyclic amines) is 1. The van der Waals surface area contributed by atoms with E-state index in [1.165, 1.54) is 0 Å². The molecule has 2 heterocycles. The van der Waals surface area contributed by atoms with Gasteiger partial charge in [0.2, 0.25) is 0 Å². The predicted molar refractivity (Wildman–Crippen MR) is 68.2 cm³/mol. The van der Waals surface area contributed by atoms with E-state index in [1.807, 2.05) is 12.1 Å². The van der Waals surface area contributed by atoms with Crippen molar-refractivity contribution in [3.63, 3.8) is 0 Å². The van der Waals surface area contributed by atoms with Gasteiger partial charge in [0, 0.05) is 6.54 Å². The Kier molecular flexibility index (Phi) is 4.07. The molecule has 1 unspecified atom stereocenters. The van der Waals surface area contributed by atoms with Crippen LogP contribution in [0.1, 0.15) is 38.4 Å². The van der Waals surface area contributed by atoms with Gasteiger partial charge in [0.25, 0.3) is 0 Å². The highest BCUT2D eigenvalue weighted by Crippen LogP contribution is 2.35. The molecule has 18 heavy (non-hydrogen) atoms. The second-order valence-corrected chi connectivity index (χ2v) is 5.23. The van der Waals surface area contributed by atoms with Crippen LogP contribution in [-0.2, 0) is 11.3 Å². The summed E-state index contributed by atoms with van der Waals surface area (Å²) in [7, 11) is 0. The van der Waals surface area contributed by atoms with E-state index in [4.69, 9.17) is 4.42 Å². The van der Waals surface area contributed by atoms with Gasteiger partial charge in [0.15, 0.2) is 0 Å². The number of nitrogens with zero attached hydrogens (tertiary/aromatic N) is 1. The van der Waals surface area contributed by atoms with Crippen molar-refractivity contribution in [2.45, 2.75) is 39.2 Å². The molecule has 0 saturated carbocycles. The third kappa shape index (κ3) is 2.75. The van der Waals surface area contributed by atoms with Crippen LogP contribution in [0.2, 0.25) is 0 Å². The second kappa shape index (κ2) is 5.57. The molecule has 0 aromatic carbocycles. The highest BCUT2D eigenvalue weighted by atomic mass is 16.4. The van der Waals surface area contributed by atoms with Crippen molar-refractivity contribution in [3.05, 3.63) is 24.2 Å². The predicted octanol–water partition coefficient (Wildman–Crippen LogP) is 2.75. The fraction of sp³-hybridized carbons (Fsp3) is 0.643. The van der Waals surface area contributed by atoms with E-state index in [0.717, 1.165) is 38.0 Å². The van der Waals surface area contributed by atoms with Crippen molar-refractivity contribution >= 4 is 5.97 Å². The Morgan fingerprint density at radius 3 is 3.06 bits per heavy atom. The van der Waals surface area contributed by atoms with Crippen LogP contribution in [0, 0.1) is 5.41 Å². The molecular weight excluding hydrogens is 230 g/mol. The van der Waals surface area contributed by atoms with E-state index in [1.54, 1.807) is 6.26 Å². The lowest BCUT2D eigenvalue weighted by molar-refractivity contribution is -0.153. The summed E-state index contributed by atoms with van der Waals surface area (Å²) in [5, 5.41) is 9.51. The number of furan rings is 1. The smallest absolute Gasteiger partial charge is 0.310 e. The second-order valence-electron chi connectivity index (χ2n) is 5.23. The normalized spacial score (nSPS) is 25.2. The molecule has 1 fully saturated rings. The Hall–Kier alpha value is -1.29. The monoisotopic (exact) mass is 251 g/mol. The summed E-state index contributed by atoms with van der Waals surface area (Å²) < 4.78 is 5.34. The Morgan fingerprint density at radius 2 is 2.44 bits per heavy atom. The zero-order valence-electron chi connectivity index (χ0n) is 10.9. The van der Waals surface area contributed by atoms with Crippen LogP contribution < -0.4 is 0 Å². The number of hydrogen-bond donors (Lipinski definition) is 1. The van der Waals surface area contributed by atoms with Crippen LogP contribution >= 0.6 is 0 Å². The van der Waals surface area contributed by atoms with Gasteiger partial charge in [-0.1, -0.05) is 13.3 Å². The molecule has 1 aromatic rings. The highest BCUT2D eigenvalue weighted by molar-refractivity contribution is 5.75. The number of hydrogen-bond acceptors (Lipinski definition) is 3. The minimum absolute atomic E-state index is 0.556. The Bertz CT molecular complexity index is 384. The minimum Gasteiger partial charge on any atom is -0.481 e. The zero-order valence-corrected chi connectivity index (χ0v) is 10.9. The lowest BCUT2D eigenvalue weighted by Crippen LogP contribution is -2.47. The number of piperidine rings is 1. The van der Waals surface area contributed by atoms with Gasteiger partial charge in [-0.25, -0.2) is 0 Å². The van der Waals surface area contributed by atoms with Crippen molar-refractivity contribution in [3.8, 4) is 0 Å². The molecule has 4 heteroatoms. The molecule has 1 N–H and O–H groups in total. The van der Waals surface area contributed by atoms with Gasteiger partial charge in [0.05, 0.1) is 18.2 Å². The molecule has 0 aliphatic carbocycles. The summed E-state index contributed by atoms with van der Waals surface area (Å²) in [6, 6.07) is 3.81. The van der Waals surface area contributed by atoms with E-state index in [0.29, 0.717) is 13.1 Å².